The summed E-state index contributed by atoms with van der Waals surface area (Å²) in [7, 11) is 0. The third-order valence-electron chi connectivity index (χ3n) is 4.32. The van der Waals surface area contributed by atoms with Crippen LogP contribution in [0.5, 0.6) is 5.75 Å². The van der Waals surface area contributed by atoms with Gasteiger partial charge in [0.25, 0.3) is 0 Å². The Hall–Kier alpha value is -1.72. The quantitative estimate of drug-likeness (QED) is 0.686. The lowest BCUT2D eigenvalue weighted by molar-refractivity contribution is -0.128. The maximum atomic E-state index is 12.2. The Kier molecular flexibility index (Phi) is 5.32. The number of hydrogen-bond acceptors (Lipinski definition) is 5. The number of nitrogens with two attached hydrogens (primary N) is 1. The second kappa shape index (κ2) is 7.03. The van der Waals surface area contributed by atoms with E-state index in [0.29, 0.717) is 6.42 Å². The Morgan fingerprint density at radius 1 is 1.36 bits per heavy atom. The molecule has 2 atom stereocenters. The van der Waals surface area contributed by atoms with Gasteiger partial charge in [-0.1, -0.05) is 0 Å². The summed E-state index contributed by atoms with van der Waals surface area (Å²) in [6.45, 7) is 4.60. The highest BCUT2D eigenvalue weighted by molar-refractivity contribution is 6.03. The van der Waals surface area contributed by atoms with Crippen molar-refractivity contribution in [3.8, 4) is 5.75 Å². The molecule has 4 N–H and O–H groups in total. The Morgan fingerprint density at radius 2 is 2.00 bits per heavy atom. The van der Waals surface area contributed by atoms with Crippen LogP contribution in [0, 0.1) is 13.8 Å². The fraction of sp³-hybridized carbons (Fsp3) is 0.529. The molecular formula is C17H24N2O3. The molecule has 1 heterocycles. The zero-order valence-corrected chi connectivity index (χ0v) is 13.2. The van der Waals surface area contributed by atoms with Crippen LogP contribution in [0.3, 0.4) is 0 Å². The first-order valence-corrected chi connectivity index (χ1v) is 7.72. The average Bonchev–Trinajstić information content (AvgIpc) is 2.96. The Balaban J connectivity index is 1.98. The number of nitrogens with one attached hydrogen (secondary N) is 1. The maximum Gasteiger partial charge on any atom is 0.157 e. The smallest absolute Gasteiger partial charge is 0.157 e. The van der Waals surface area contributed by atoms with Gasteiger partial charge in [0.2, 0.25) is 0 Å². The van der Waals surface area contributed by atoms with Crippen LogP contribution in [0.4, 0.5) is 0 Å². The first kappa shape index (κ1) is 16.6. The van der Waals surface area contributed by atoms with Gasteiger partial charge in [-0.3, -0.25) is 9.59 Å². The summed E-state index contributed by atoms with van der Waals surface area (Å²) in [5, 5.41) is 12.7. The van der Waals surface area contributed by atoms with E-state index >= 15 is 0 Å². The van der Waals surface area contributed by atoms with E-state index in [9.17, 15) is 14.7 Å². The third-order valence-corrected chi connectivity index (χ3v) is 4.32. The normalized spacial score (nSPS) is 19.1. The van der Waals surface area contributed by atoms with Crippen LogP contribution >= 0.6 is 0 Å². The number of aryl methyl sites for hydroxylation is 2. The van der Waals surface area contributed by atoms with E-state index in [2.05, 4.69) is 5.32 Å². The van der Waals surface area contributed by atoms with Gasteiger partial charge in [-0.15, -0.1) is 0 Å². The van der Waals surface area contributed by atoms with Crippen molar-refractivity contribution in [2.45, 2.75) is 51.6 Å². The Labute approximate surface area is 130 Å². The van der Waals surface area contributed by atoms with E-state index in [1.807, 2.05) is 13.8 Å². The number of carbonyl (C=O) groups is 2. The molecule has 0 aromatic heterocycles. The molecule has 1 aliphatic heterocycles. The van der Waals surface area contributed by atoms with Gasteiger partial charge in [0.05, 0.1) is 18.5 Å². The second-order valence-corrected chi connectivity index (χ2v) is 6.13. The molecular weight excluding hydrogens is 280 g/mol. The number of phenols is 1. The van der Waals surface area contributed by atoms with Gasteiger partial charge < -0.3 is 16.2 Å². The number of ketones is 2. The predicted octanol–water partition coefficient (Wildman–Crippen LogP) is 1.16. The SMILES string of the molecule is Cc1cc(O)cc(C)c1CC(N)C(=O)CC(=O)C1CCCN1. The maximum absolute atomic E-state index is 12.2. The molecule has 5 heteroatoms. The van der Waals surface area contributed by atoms with Crippen LogP contribution in [0.1, 0.15) is 36.0 Å². The lowest BCUT2D eigenvalue weighted by Gasteiger charge is -2.16. The number of hydrogen-bond donors (Lipinski definition) is 3. The number of Topliss-reactive ketones (excluding diaryl/α,β-unsaturated/α-hetero) is 2. The van der Waals surface area contributed by atoms with Gasteiger partial charge in [0, 0.05) is 0 Å². The van der Waals surface area contributed by atoms with Crippen molar-refractivity contribution in [1.82, 2.24) is 5.32 Å². The summed E-state index contributed by atoms with van der Waals surface area (Å²) >= 11 is 0. The molecule has 22 heavy (non-hydrogen) atoms. The van der Waals surface area contributed by atoms with Crippen molar-refractivity contribution in [3.05, 3.63) is 28.8 Å². The lowest BCUT2D eigenvalue weighted by Crippen LogP contribution is -2.38. The van der Waals surface area contributed by atoms with E-state index in [1.165, 1.54) is 0 Å². The number of aromatic hydroxyl groups is 1. The minimum Gasteiger partial charge on any atom is -0.508 e. The highest BCUT2D eigenvalue weighted by Gasteiger charge is 2.26. The average molecular weight is 304 g/mol. The number of rotatable bonds is 6. The Bertz CT molecular complexity index is 554. The van der Waals surface area contributed by atoms with Crippen molar-refractivity contribution in [2.24, 2.45) is 5.73 Å². The second-order valence-electron chi connectivity index (χ2n) is 6.13. The molecule has 0 aliphatic carbocycles. The van der Waals surface area contributed by atoms with Gasteiger partial charge in [-0.2, -0.15) is 0 Å². The molecule has 0 bridgehead atoms. The van der Waals surface area contributed by atoms with Crippen LogP contribution < -0.4 is 11.1 Å². The molecule has 2 unspecified atom stereocenters. The van der Waals surface area contributed by atoms with Crippen LogP contribution in [0.25, 0.3) is 0 Å². The summed E-state index contributed by atoms with van der Waals surface area (Å²) < 4.78 is 0. The standard InChI is InChI=1S/C17H24N2O3/c1-10-6-12(20)7-11(2)13(10)8-14(18)16(21)9-17(22)15-4-3-5-19-15/h6-7,14-15,19-20H,3-5,8-9,18H2,1-2H3. The van der Waals surface area contributed by atoms with E-state index in [-0.39, 0.29) is 29.8 Å². The summed E-state index contributed by atoms with van der Waals surface area (Å²) in [5.41, 5.74) is 8.76. The molecule has 2 rings (SSSR count). The first-order chi connectivity index (χ1) is 10.4. The van der Waals surface area contributed by atoms with Gasteiger partial charge in [-0.05, 0) is 68.5 Å². The van der Waals surface area contributed by atoms with Crippen molar-refractivity contribution < 1.29 is 14.7 Å². The molecule has 1 aromatic rings. The number of benzene rings is 1. The fourth-order valence-electron chi connectivity index (χ4n) is 3.01. The Morgan fingerprint density at radius 3 is 2.55 bits per heavy atom. The molecule has 5 nitrogen and oxygen atoms in total. The van der Waals surface area contributed by atoms with Crippen molar-refractivity contribution in [3.63, 3.8) is 0 Å². The summed E-state index contributed by atoms with van der Waals surface area (Å²) in [5.74, 6) is -0.0659. The summed E-state index contributed by atoms with van der Waals surface area (Å²) in [4.78, 5) is 24.2. The van der Waals surface area contributed by atoms with Crippen LogP contribution in [0.15, 0.2) is 12.1 Å². The van der Waals surface area contributed by atoms with E-state index in [0.717, 1.165) is 36.1 Å². The van der Waals surface area contributed by atoms with E-state index in [4.69, 9.17) is 5.73 Å². The zero-order valence-electron chi connectivity index (χ0n) is 13.2. The van der Waals surface area contributed by atoms with Crippen LogP contribution in [0.2, 0.25) is 0 Å². The summed E-state index contributed by atoms with van der Waals surface area (Å²) in [6.07, 6.45) is 2.07. The molecule has 1 aromatic carbocycles. The number of phenolic OH excluding ortho intramolecular Hbond substituents is 1. The molecule has 0 saturated carbocycles. The largest absolute Gasteiger partial charge is 0.508 e. The van der Waals surface area contributed by atoms with Crippen LogP contribution in [-0.4, -0.2) is 35.3 Å². The summed E-state index contributed by atoms with van der Waals surface area (Å²) in [6, 6.07) is 2.45. The van der Waals surface area contributed by atoms with Gasteiger partial charge in [0.15, 0.2) is 11.6 Å². The molecule has 1 aliphatic rings. The lowest BCUT2D eigenvalue weighted by atomic mass is 9.92. The van der Waals surface area contributed by atoms with Gasteiger partial charge >= 0.3 is 0 Å². The molecule has 0 spiro atoms. The molecule has 120 valence electrons. The van der Waals surface area contributed by atoms with Gasteiger partial charge in [0.1, 0.15) is 5.75 Å². The first-order valence-electron chi connectivity index (χ1n) is 7.72. The topological polar surface area (TPSA) is 92.4 Å². The highest BCUT2D eigenvalue weighted by Crippen LogP contribution is 2.22. The molecule has 1 fully saturated rings. The van der Waals surface area contributed by atoms with E-state index in [1.54, 1.807) is 12.1 Å². The molecule has 0 radical (unpaired) electrons. The monoisotopic (exact) mass is 304 g/mol. The molecule has 0 amide bonds. The zero-order chi connectivity index (χ0) is 16.3. The minimum absolute atomic E-state index is 0.0582. The van der Waals surface area contributed by atoms with Crippen LogP contribution in [-0.2, 0) is 16.0 Å². The highest BCUT2D eigenvalue weighted by atomic mass is 16.3. The van der Waals surface area contributed by atoms with Gasteiger partial charge in [-0.25, -0.2) is 0 Å². The minimum atomic E-state index is -0.688. The fourth-order valence-corrected chi connectivity index (χ4v) is 3.01. The predicted molar refractivity (Wildman–Crippen MR) is 84.9 cm³/mol. The molecule has 1 saturated heterocycles. The van der Waals surface area contributed by atoms with Crippen molar-refractivity contribution in [2.75, 3.05) is 6.54 Å². The number of carbonyl (C=O) groups excluding carboxylic acids is 2. The third kappa shape index (κ3) is 3.93. The van der Waals surface area contributed by atoms with Crippen molar-refractivity contribution >= 4 is 11.6 Å². The van der Waals surface area contributed by atoms with Crippen molar-refractivity contribution in [1.29, 1.82) is 0 Å². The van der Waals surface area contributed by atoms with E-state index < -0.39 is 6.04 Å².